The van der Waals surface area contributed by atoms with E-state index in [1.165, 1.54) is 0 Å². The van der Waals surface area contributed by atoms with E-state index in [1.54, 1.807) is 0 Å². The molecule has 1 unspecified atom stereocenters. The second-order valence-electron chi connectivity index (χ2n) is 2.37. The van der Waals surface area contributed by atoms with E-state index in [9.17, 15) is 9.90 Å². The average molecular weight is 184 g/mol. The van der Waals surface area contributed by atoms with Gasteiger partial charge >= 0.3 is 51.4 Å². The predicted molar refractivity (Wildman–Crippen MR) is 35.2 cm³/mol. The van der Waals surface area contributed by atoms with Crippen molar-refractivity contribution in [2.75, 3.05) is 0 Å². The molecule has 0 aromatic rings. The second-order valence-corrected chi connectivity index (χ2v) is 2.37. The Morgan fingerprint density at radius 2 is 2.18 bits per heavy atom. The number of rotatable bonds is 5. The van der Waals surface area contributed by atoms with E-state index < -0.39 is 12.1 Å². The summed E-state index contributed by atoms with van der Waals surface area (Å²) in [5.41, 5.74) is 0. The van der Waals surface area contributed by atoms with E-state index in [1.807, 2.05) is 6.92 Å². The summed E-state index contributed by atoms with van der Waals surface area (Å²) in [4.78, 5) is 9.90. The molecular formula is C7H13KO3. The maximum atomic E-state index is 9.90. The number of hydrogen-bond donors (Lipinski definition) is 1. The summed E-state index contributed by atoms with van der Waals surface area (Å²) in [6.45, 7) is 1.99. The van der Waals surface area contributed by atoms with Gasteiger partial charge in [0.1, 0.15) is 0 Å². The minimum absolute atomic E-state index is 0. The Kier molecular flexibility index (Phi) is 12.1. The van der Waals surface area contributed by atoms with Crippen molar-refractivity contribution in [1.29, 1.82) is 0 Å². The van der Waals surface area contributed by atoms with Crippen molar-refractivity contribution in [3.8, 4) is 0 Å². The maximum Gasteiger partial charge on any atom is 1.00 e. The molecule has 0 aromatic carbocycles. The molecule has 3 nitrogen and oxygen atoms in total. The number of hydrogen-bond acceptors (Lipinski definition) is 3. The number of unbranched alkanes of at least 4 members (excludes halogenated alkanes) is 1. The maximum absolute atomic E-state index is 9.90. The molecule has 0 bridgehead atoms. The fourth-order valence-electron chi connectivity index (χ4n) is 0.734. The molecule has 0 aromatic heterocycles. The standard InChI is InChI=1S/C7H14O3.K/c1-2-3-4-6(8)5-7(9)10;/h6,8H,2-5H2,1H3,(H,9,10);/q;+1/p-1. The second kappa shape index (κ2) is 9.16. The van der Waals surface area contributed by atoms with Gasteiger partial charge in [0.25, 0.3) is 0 Å². The van der Waals surface area contributed by atoms with Gasteiger partial charge in [0.05, 0.1) is 6.10 Å². The molecule has 0 aliphatic heterocycles. The van der Waals surface area contributed by atoms with Crippen LogP contribution in [0.1, 0.15) is 32.6 Å². The van der Waals surface area contributed by atoms with Gasteiger partial charge in [0.2, 0.25) is 0 Å². The number of aliphatic hydroxyl groups excluding tert-OH is 1. The molecule has 0 aliphatic rings. The fourth-order valence-corrected chi connectivity index (χ4v) is 0.734. The number of carbonyl (C=O) groups is 1. The summed E-state index contributed by atoms with van der Waals surface area (Å²) >= 11 is 0. The zero-order valence-corrected chi connectivity index (χ0v) is 10.3. The molecule has 0 fully saturated rings. The first-order valence-corrected chi connectivity index (χ1v) is 3.54. The van der Waals surface area contributed by atoms with Crippen molar-refractivity contribution in [2.45, 2.75) is 38.7 Å². The summed E-state index contributed by atoms with van der Waals surface area (Å²) in [6, 6.07) is 0. The van der Waals surface area contributed by atoms with Crippen LogP contribution < -0.4 is 56.5 Å². The Bertz CT molecular complexity index is 106. The summed E-state index contributed by atoms with van der Waals surface area (Å²) in [5.74, 6) is -1.18. The molecule has 1 N–H and O–H groups in total. The number of aliphatic hydroxyl groups is 1. The molecule has 11 heavy (non-hydrogen) atoms. The van der Waals surface area contributed by atoms with Crippen LogP contribution in [0, 0.1) is 0 Å². The quantitative estimate of drug-likeness (QED) is 0.455. The third-order valence-corrected chi connectivity index (χ3v) is 1.29. The van der Waals surface area contributed by atoms with Gasteiger partial charge in [-0.3, -0.25) is 0 Å². The monoisotopic (exact) mass is 184 g/mol. The van der Waals surface area contributed by atoms with Crippen molar-refractivity contribution in [3.63, 3.8) is 0 Å². The van der Waals surface area contributed by atoms with Gasteiger partial charge in [-0.1, -0.05) is 19.8 Å². The van der Waals surface area contributed by atoms with Crippen LogP contribution in [-0.2, 0) is 4.79 Å². The van der Waals surface area contributed by atoms with Gasteiger partial charge in [-0.15, -0.1) is 0 Å². The Hall–Kier alpha value is 1.07. The molecular weight excluding hydrogens is 171 g/mol. The molecule has 4 heteroatoms. The van der Waals surface area contributed by atoms with Crippen LogP contribution >= 0.6 is 0 Å². The molecule has 0 amide bonds. The first kappa shape index (κ1) is 14.6. The largest absolute Gasteiger partial charge is 1.00 e. The van der Waals surface area contributed by atoms with Crippen molar-refractivity contribution in [1.82, 2.24) is 0 Å². The zero-order chi connectivity index (χ0) is 7.98. The summed E-state index contributed by atoms with van der Waals surface area (Å²) < 4.78 is 0. The van der Waals surface area contributed by atoms with Crippen LogP contribution in [0.15, 0.2) is 0 Å². The van der Waals surface area contributed by atoms with Crippen LogP contribution in [-0.4, -0.2) is 17.2 Å². The number of carboxylic acid groups (broad SMARTS) is 1. The summed E-state index contributed by atoms with van der Waals surface area (Å²) in [7, 11) is 0. The van der Waals surface area contributed by atoms with Gasteiger partial charge < -0.3 is 15.0 Å². The van der Waals surface area contributed by atoms with Crippen LogP contribution in [0.3, 0.4) is 0 Å². The SMILES string of the molecule is CCCCC(O)CC(=O)[O-].[K+]. The smallest absolute Gasteiger partial charge is 0.550 e. The fraction of sp³-hybridized carbons (Fsp3) is 0.857. The van der Waals surface area contributed by atoms with Crippen molar-refractivity contribution in [3.05, 3.63) is 0 Å². The van der Waals surface area contributed by atoms with Crippen molar-refractivity contribution in [2.24, 2.45) is 0 Å². The normalized spacial score (nSPS) is 11.8. The van der Waals surface area contributed by atoms with Crippen molar-refractivity contribution >= 4 is 5.97 Å². The number of carbonyl (C=O) groups excluding carboxylic acids is 1. The zero-order valence-electron chi connectivity index (χ0n) is 7.17. The Morgan fingerprint density at radius 3 is 2.55 bits per heavy atom. The van der Waals surface area contributed by atoms with Gasteiger partial charge in [-0.05, 0) is 6.42 Å². The summed E-state index contributed by atoms with van der Waals surface area (Å²) in [6.07, 6.45) is 1.45. The van der Waals surface area contributed by atoms with Crippen LogP contribution in [0.2, 0.25) is 0 Å². The van der Waals surface area contributed by atoms with E-state index in [-0.39, 0.29) is 57.8 Å². The van der Waals surface area contributed by atoms with Gasteiger partial charge in [0.15, 0.2) is 0 Å². The Labute approximate surface area is 110 Å². The number of aliphatic carboxylic acids is 1. The Morgan fingerprint density at radius 1 is 1.64 bits per heavy atom. The summed E-state index contributed by atoms with van der Waals surface area (Å²) in [5, 5.41) is 18.8. The molecule has 0 rings (SSSR count). The van der Waals surface area contributed by atoms with Crippen LogP contribution in [0.5, 0.6) is 0 Å². The van der Waals surface area contributed by atoms with E-state index >= 15 is 0 Å². The van der Waals surface area contributed by atoms with E-state index in [0.717, 1.165) is 12.8 Å². The van der Waals surface area contributed by atoms with Crippen molar-refractivity contribution < 1.29 is 66.4 Å². The average Bonchev–Trinajstić information content (AvgIpc) is 1.82. The van der Waals surface area contributed by atoms with E-state index in [4.69, 9.17) is 5.11 Å². The van der Waals surface area contributed by atoms with Crippen LogP contribution in [0.25, 0.3) is 0 Å². The van der Waals surface area contributed by atoms with Gasteiger partial charge in [-0.25, -0.2) is 0 Å². The molecule has 1 atom stereocenters. The molecule has 0 radical (unpaired) electrons. The first-order valence-electron chi connectivity index (χ1n) is 3.54. The van der Waals surface area contributed by atoms with E-state index in [0.29, 0.717) is 6.42 Å². The molecule has 0 heterocycles. The van der Waals surface area contributed by atoms with Gasteiger partial charge in [0, 0.05) is 12.4 Å². The molecule has 0 saturated heterocycles. The molecule has 0 aliphatic carbocycles. The molecule has 60 valence electrons. The molecule has 0 saturated carbocycles. The van der Waals surface area contributed by atoms with Gasteiger partial charge in [-0.2, -0.15) is 0 Å². The first-order chi connectivity index (χ1) is 4.66. The Balaban J connectivity index is 0. The minimum Gasteiger partial charge on any atom is -0.550 e. The molecule has 0 spiro atoms. The van der Waals surface area contributed by atoms with E-state index in [2.05, 4.69) is 0 Å². The third kappa shape index (κ3) is 11.1. The predicted octanol–water partition coefficient (Wildman–Crippen LogP) is -3.32. The number of carboxylic acids is 1. The minimum atomic E-state index is -1.18. The third-order valence-electron chi connectivity index (χ3n) is 1.29. The van der Waals surface area contributed by atoms with Crippen LogP contribution in [0.4, 0.5) is 0 Å². The topological polar surface area (TPSA) is 60.4 Å².